The molecule has 0 unspecified atom stereocenters. The van der Waals surface area contributed by atoms with E-state index in [2.05, 4.69) is 33.9 Å². The van der Waals surface area contributed by atoms with Crippen LogP contribution in [0.4, 0.5) is 4.79 Å². The zero-order chi connectivity index (χ0) is 17.3. The molecule has 3 rings (SSSR count). The van der Waals surface area contributed by atoms with Crippen LogP contribution in [-0.2, 0) is 13.6 Å². The molecule has 0 saturated heterocycles. The number of carbonyl (C=O) groups is 1. The summed E-state index contributed by atoms with van der Waals surface area (Å²) in [4.78, 5) is 14.3. The minimum atomic E-state index is 0.00326. The standard InChI is InChI=1S/C18H31N5O/c1-12(2)14-7-5-6-8-15(14)19-18(24)22(3)11-16-20-21-17(23(16)4)13-9-10-13/h12-15H,5-11H2,1-4H3,(H,19,24)/t14-,15-/m0/s1. The van der Waals surface area contributed by atoms with E-state index in [4.69, 9.17) is 0 Å². The van der Waals surface area contributed by atoms with Gasteiger partial charge in [0.05, 0.1) is 6.54 Å². The van der Waals surface area contributed by atoms with Crippen molar-refractivity contribution in [3.05, 3.63) is 11.6 Å². The monoisotopic (exact) mass is 333 g/mol. The van der Waals surface area contributed by atoms with Crippen LogP contribution in [0.25, 0.3) is 0 Å². The zero-order valence-electron chi connectivity index (χ0n) is 15.5. The maximum Gasteiger partial charge on any atom is 0.317 e. The fourth-order valence-corrected chi connectivity index (χ4v) is 3.90. The van der Waals surface area contributed by atoms with Crippen LogP contribution in [0.3, 0.4) is 0 Å². The quantitative estimate of drug-likeness (QED) is 0.901. The van der Waals surface area contributed by atoms with Crippen LogP contribution < -0.4 is 5.32 Å². The minimum absolute atomic E-state index is 0.00326. The molecule has 134 valence electrons. The molecule has 0 bridgehead atoms. The predicted molar refractivity (Wildman–Crippen MR) is 93.6 cm³/mol. The van der Waals surface area contributed by atoms with Crippen molar-refractivity contribution >= 4 is 6.03 Å². The number of amides is 2. The second-order valence-corrected chi connectivity index (χ2v) is 7.91. The topological polar surface area (TPSA) is 63.1 Å². The van der Waals surface area contributed by atoms with Crippen LogP contribution in [0.5, 0.6) is 0 Å². The Kier molecular flexibility index (Phi) is 5.11. The van der Waals surface area contributed by atoms with Gasteiger partial charge in [-0.15, -0.1) is 10.2 Å². The molecule has 1 heterocycles. The summed E-state index contributed by atoms with van der Waals surface area (Å²) in [7, 11) is 3.85. The Morgan fingerprint density at radius 3 is 2.62 bits per heavy atom. The van der Waals surface area contributed by atoms with Crippen LogP contribution in [0.1, 0.15) is 69.9 Å². The van der Waals surface area contributed by atoms with Crippen molar-refractivity contribution in [3.63, 3.8) is 0 Å². The second kappa shape index (κ2) is 7.11. The maximum atomic E-state index is 12.6. The van der Waals surface area contributed by atoms with Crippen molar-refractivity contribution in [2.75, 3.05) is 7.05 Å². The molecule has 2 amide bonds. The van der Waals surface area contributed by atoms with Gasteiger partial charge in [0.15, 0.2) is 5.82 Å². The van der Waals surface area contributed by atoms with E-state index in [1.165, 1.54) is 32.1 Å². The van der Waals surface area contributed by atoms with Crippen molar-refractivity contribution in [1.29, 1.82) is 0 Å². The van der Waals surface area contributed by atoms with Gasteiger partial charge in [0.2, 0.25) is 0 Å². The molecular weight excluding hydrogens is 302 g/mol. The number of rotatable bonds is 5. The zero-order valence-corrected chi connectivity index (χ0v) is 15.5. The van der Waals surface area contributed by atoms with Gasteiger partial charge in [0.1, 0.15) is 5.82 Å². The molecule has 0 aromatic carbocycles. The smallest absolute Gasteiger partial charge is 0.317 e. The average molecular weight is 333 g/mol. The van der Waals surface area contributed by atoms with Crippen LogP contribution in [0.2, 0.25) is 0 Å². The summed E-state index contributed by atoms with van der Waals surface area (Å²) in [6, 6.07) is 0.304. The minimum Gasteiger partial charge on any atom is -0.335 e. The Morgan fingerprint density at radius 2 is 1.96 bits per heavy atom. The highest BCUT2D eigenvalue weighted by atomic mass is 16.2. The van der Waals surface area contributed by atoms with Gasteiger partial charge in [-0.1, -0.05) is 26.7 Å². The second-order valence-electron chi connectivity index (χ2n) is 7.91. The number of nitrogens with zero attached hydrogens (tertiary/aromatic N) is 4. The molecule has 0 radical (unpaired) electrons. The first-order chi connectivity index (χ1) is 11.5. The van der Waals surface area contributed by atoms with Crippen molar-refractivity contribution in [1.82, 2.24) is 25.0 Å². The van der Waals surface area contributed by atoms with Crippen molar-refractivity contribution in [3.8, 4) is 0 Å². The van der Waals surface area contributed by atoms with Crippen LogP contribution >= 0.6 is 0 Å². The van der Waals surface area contributed by atoms with Crippen LogP contribution in [0.15, 0.2) is 0 Å². The predicted octanol–water partition coefficient (Wildman–Crippen LogP) is 3.05. The molecule has 2 aliphatic carbocycles. The normalized spacial score (nSPS) is 24.2. The van der Waals surface area contributed by atoms with Gasteiger partial charge in [0, 0.05) is 26.1 Å². The molecule has 2 aliphatic rings. The van der Waals surface area contributed by atoms with Gasteiger partial charge in [0.25, 0.3) is 0 Å². The molecule has 2 saturated carbocycles. The highest BCUT2D eigenvalue weighted by molar-refractivity contribution is 5.74. The first-order valence-corrected chi connectivity index (χ1v) is 9.37. The molecule has 6 heteroatoms. The van der Waals surface area contributed by atoms with Crippen molar-refractivity contribution in [2.24, 2.45) is 18.9 Å². The summed E-state index contributed by atoms with van der Waals surface area (Å²) in [5.74, 6) is 3.70. The molecule has 24 heavy (non-hydrogen) atoms. The summed E-state index contributed by atoms with van der Waals surface area (Å²) in [6.07, 6.45) is 7.24. The Balaban J connectivity index is 1.58. The van der Waals surface area contributed by atoms with Gasteiger partial charge in [-0.05, 0) is 37.5 Å². The fourth-order valence-electron chi connectivity index (χ4n) is 3.90. The lowest BCUT2D eigenvalue weighted by atomic mass is 9.78. The SMILES string of the molecule is CC(C)[C@@H]1CCCC[C@@H]1NC(=O)N(C)Cc1nnc(C2CC2)n1C. The molecule has 6 nitrogen and oxygen atoms in total. The van der Waals surface area contributed by atoms with Gasteiger partial charge in [-0.25, -0.2) is 4.79 Å². The van der Waals surface area contributed by atoms with E-state index >= 15 is 0 Å². The van der Waals surface area contributed by atoms with E-state index < -0.39 is 0 Å². The lowest BCUT2D eigenvalue weighted by Gasteiger charge is -2.35. The Hall–Kier alpha value is -1.59. The number of hydrogen-bond acceptors (Lipinski definition) is 3. The van der Waals surface area contributed by atoms with Gasteiger partial charge < -0.3 is 14.8 Å². The van der Waals surface area contributed by atoms with E-state index in [1.54, 1.807) is 4.90 Å². The number of aromatic nitrogens is 3. The summed E-state index contributed by atoms with van der Waals surface area (Å²) >= 11 is 0. The van der Waals surface area contributed by atoms with E-state index in [-0.39, 0.29) is 6.03 Å². The van der Waals surface area contributed by atoms with E-state index in [0.717, 1.165) is 18.1 Å². The fraction of sp³-hybridized carbons (Fsp3) is 0.833. The molecule has 1 aromatic heterocycles. The van der Waals surface area contributed by atoms with Crippen molar-refractivity contribution < 1.29 is 4.79 Å². The summed E-state index contributed by atoms with van der Waals surface area (Å²) in [5.41, 5.74) is 0. The third-order valence-corrected chi connectivity index (χ3v) is 5.65. The third-order valence-electron chi connectivity index (χ3n) is 5.65. The van der Waals surface area contributed by atoms with Gasteiger partial charge in [-0.3, -0.25) is 0 Å². The molecule has 2 fully saturated rings. The van der Waals surface area contributed by atoms with E-state index in [0.29, 0.717) is 30.3 Å². The number of carbonyl (C=O) groups excluding carboxylic acids is 1. The molecule has 1 N–H and O–H groups in total. The molecule has 0 aliphatic heterocycles. The number of hydrogen-bond donors (Lipinski definition) is 1. The largest absolute Gasteiger partial charge is 0.335 e. The Bertz CT molecular complexity index is 578. The number of urea groups is 1. The van der Waals surface area contributed by atoms with Crippen LogP contribution in [0, 0.1) is 11.8 Å². The highest BCUT2D eigenvalue weighted by Gasteiger charge is 2.31. The van der Waals surface area contributed by atoms with Gasteiger partial charge >= 0.3 is 6.03 Å². The highest BCUT2D eigenvalue weighted by Crippen LogP contribution is 2.38. The summed E-state index contributed by atoms with van der Waals surface area (Å²) in [6.45, 7) is 5.02. The number of nitrogens with one attached hydrogen (secondary N) is 1. The van der Waals surface area contributed by atoms with Gasteiger partial charge in [-0.2, -0.15) is 0 Å². The molecule has 2 atom stereocenters. The lowest BCUT2D eigenvalue weighted by molar-refractivity contribution is 0.172. The third kappa shape index (κ3) is 3.73. The van der Waals surface area contributed by atoms with E-state index in [1.807, 2.05) is 14.1 Å². The summed E-state index contributed by atoms with van der Waals surface area (Å²) < 4.78 is 2.05. The van der Waals surface area contributed by atoms with Crippen molar-refractivity contribution in [2.45, 2.75) is 70.9 Å². The average Bonchev–Trinajstić information content (AvgIpc) is 3.33. The lowest BCUT2D eigenvalue weighted by Crippen LogP contribution is -2.48. The van der Waals surface area contributed by atoms with E-state index in [9.17, 15) is 4.79 Å². The van der Waals surface area contributed by atoms with Crippen LogP contribution in [-0.4, -0.2) is 38.8 Å². The first kappa shape index (κ1) is 17.2. The molecular formula is C18H31N5O. The molecule has 0 spiro atoms. The first-order valence-electron chi connectivity index (χ1n) is 9.37. The summed E-state index contributed by atoms with van der Waals surface area (Å²) in [5, 5.41) is 11.8. The maximum absolute atomic E-state index is 12.6. The Labute approximate surface area is 145 Å². The Morgan fingerprint density at radius 1 is 1.25 bits per heavy atom. The molecule has 1 aromatic rings.